The highest BCUT2D eigenvalue weighted by atomic mass is 32.1. The monoisotopic (exact) mass is 358 g/mol. The minimum atomic E-state index is -0.217. The van der Waals surface area contributed by atoms with Crippen LogP contribution in [0.3, 0.4) is 0 Å². The van der Waals surface area contributed by atoms with Crippen molar-refractivity contribution in [3.8, 4) is 0 Å². The molecule has 0 atom stereocenters. The molecular formula is C20H25FN3S+. The number of hydrogen-bond acceptors (Lipinski definition) is 1. The Morgan fingerprint density at radius 3 is 2.56 bits per heavy atom. The summed E-state index contributed by atoms with van der Waals surface area (Å²) in [5.74, 6) is -0.217. The molecule has 2 aromatic carbocycles. The molecule has 0 saturated carbocycles. The van der Waals surface area contributed by atoms with Crippen molar-refractivity contribution < 1.29 is 9.29 Å². The van der Waals surface area contributed by atoms with Gasteiger partial charge in [-0.25, -0.2) is 4.39 Å². The molecule has 0 bridgehead atoms. The first-order valence-corrected chi connectivity index (χ1v) is 9.22. The van der Waals surface area contributed by atoms with Crippen LogP contribution in [0.25, 0.3) is 0 Å². The van der Waals surface area contributed by atoms with Crippen LogP contribution in [0.5, 0.6) is 0 Å². The standard InChI is InChI=1S/C20H24FN3S/c1-15-7-8-18(13-19(15)21)23-20(25)22-17-9-11-24(12-10-17)14-16-5-3-2-4-6-16/h2-8,13,17H,9-12,14H2,1H3,(H2,22,23,25)/p+1. The van der Waals surface area contributed by atoms with Crippen molar-refractivity contribution in [3.05, 3.63) is 65.5 Å². The van der Waals surface area contributed by atoms with Gasteiger partial charge < -0.3 is 15.5 Å². The van der Waals surface area contributed by atoms with Crippen LogP contribution < -0.4 is 15.5 Å². The topological polar surface area (TPSA) is 28.5 Å². The van der Waals surface area contributed by atoms with Gasteiger partial charge in [0.25, 0.3) is 0 Å². The summed E-state index contributed by atoms with van der Waals surface area (Å²) >= 11 is 5.38. The van der Waals surface area contributed by atoms with Crippen LogP contribution in [-0.2, 0) is 6.54 Å². The SMILES string of the molecule is Cc1ccc(NC(=S)NC2CC[NH+](Cc3ccccc3)CC2)cc1F. The predicted molar refractivity (Wildman–Crippen MR) is 104 cm³/mol. The normalized spacial score (nSPS) is 20.1. The summed E-state index contributed by atoms with van der Waals surface area (Å²) in [6.45, 7) is 5.10. The first-order chi connectivity index (χ1) is 12.1. The molecular weight excluding hydrogens is 333 g/mol. The van der Waals surface area contributed by atoms with E-state index in [0.29, 0.717) is 22.4 Å². The number of aryl methyl sites for hydroxylation is 1. The van der Waals surface area contributed by atoms with E-state index in [2.05, 4.69) is 41.0 Å². The number of piperidine rings is 1. The molecule has 1 saturated heterocycles. The fraction of sp³-hybridized carbons (Fsp3) is 0.350. The average Bonchev–Trinajstić information content (AvgIpc) is 2.61. The van der Waals surface area contributed by atoms with E-state index in [1.165, 1.54) is 11.6 Å². The molecule has 1 aliphatic heterocycles. The first kappa shape index (κ1) is 17.8. The molecule has 3 N–H and O–H groups in total. The van der Waals surface area contributed by atoms with Crippen molar-refractivity contribution in [3.63, 3.8) is 0 Å². The fourth-order valence-electron chi connectivity index (χ4n) is 3.25. The van der Waals surface area contributed by atoms with E-state index in [9.17, 15) is 4.39 Å². The Morgan fingerprint density at radius 1 is 1.16 bits per heavy atom. The lowest BCUT2D eigenvalue weighted by molar-refractivity contribution is -0.918. The van der Waals surface area contributed by atoms with Crippen LogP contribution in [0.1, 0.15) is 24.0 Å². The third-order valence-electron chi connectivity index (χ3n) is 4.75. The Labute approximate surface area is 154 Å². The van der Waals surface area contributed by atoms with Crippen molar-refractivity contribution in [2.75, 3.05) is 18.4 Å². The average molecular weight is 359 g/mol. The summed E-state index contributed by atoms with van der Waals surface area (Å²) < 4.78 is 13.6. The Morgan fingerprint density at radius 2 is 1.88 bits per heavy atom. The van der Waals surface area contributed by atoms with Crippen molar-refractivity contribution >= 4 is 23.0 Å². The predicted octanol–water partition coefficient (Wildman–Crippen LogP) is 2.67. The van der Waals surface area contributed by atoms with E-state index >= 15 is 0 Å². The highest BCUT2D eigenvalue weighted by Gasteiger charge is 2.22. The molecule has 0 spiro atoms. The lowest BCUT2D eigenvalue weighted by Gasteiger charge is -2.30. The first-order valence-electron chi connectivity index (χ1n) is 8.81. The number of anilines is 1. The van der Waals surface area contributed by atoms with E-state index in [4.69, 9.17) is 12.2 Å². The lowest BCUT2D eigenvalue weighted by Crippen LogP contribution is -3.12. The van der Waals surface area contributed by atoms with Gasteiger partial charge in [0.1, 0.15) is 12.4 Å². The van der Waals surface area contributed by atoms with Gasteiger partial charge in [-0.3, -0.25) is 0 Å². The fourth-order valence-corrected chi connectivity index (χ4v) is 3.54. The summed E-state index contributed by atoms with van der Waals surface area (Å²) in [6.07, 6.45) is 2.18. The van der Waals surface area contributed by atoms with Gasteiger partial charge in [-0.15, -0.1) is 0 Å². The van der Waals surface area contributed by atoms with Crippen LogP contribution in [0, 0.1) is 12.7 Å². The van der Waals surface area contributed by atoms with Crippen molar-refractivity contribution in [1.29, 1.82) is 0 Å². The van der Waals surface area contributed by atoms with Crippen molar-refractivity contribution in [2.24, 2.45) is 0 Å². The summed E-state index contributed by atoms with van der Waals surface area (Å²) in [4.78, 5) is 1.61. The number of halogens is 1. The van der Waals surface area contributed by atoms with Gasteiger partial charge in [0, 0.05) is 30.1 Å². The van der Waals surface area contributed by atoms with Gasteiger partial charge in [-0.2, -0.15) is 0 Å². The zero-order chi connectivity index (χ0) is 17.6. The zero-order valence-electron chi connectivity index (χ0n) is 14.5. The molecule has 0 aliphatic carbocycles. The van der Waals surface area contributed by atoms with Crippen LogP contribution in [-0.4, -0.2) is 24.2 Å². The number of likely N-dealkylation sites (tertiary alicyclic amines) is 1. The van der Waals surface area contributed by atoms with Crippen LogP contribution in [0.2, 0.25) is 0 Å². The maximum atomic E-state index is 13.6. The van der Waals surface area contributed by atoms with E-state index in [0.717, 1.165) is 32.5 Å². The van der Waals surface area contributed by atoms with E-state index in [1.807, 2.05) is 6.07 Å². The summed E-state index contributed by atoms with van der Waals surface area (Å²) in [6, 6.07) is 16.1. The highest BCUT2D eigenvalue weighted by Crippen LogP contribution is 2.13. The minimum absolute atomic E-state index is 0.217. The third kappa shape index (κ3) is 5.25. The smallest absolute Gasteiger partial charge is 0.171 e. The molecule has 3 nitrogen and oxygen atoms in total. The molecule has 5 heteroatoms. The Bertz CT molecular complexity index is 712. The molecule has 2 aromatic rings. The summed E-state index contributed by atoms with van der Waals surface area (Å²) in [5, 5.41) is 7.02. The summed E-state index contributed by atoms with van der Waals surface area (Å²) in [5.41, 5.74) is 2.72. The third-order valence-corrected chi connectivity index (χ3v) is 4.97. The number of rotatable bonds is 4. The maximum Gasteiger partial charge on any atom is 0.171 e. The Balaban J connectivity index is 1.43. The second-order valence-electron chi connectivity index (χ2n) is 6.75. The van der Waals surface area contributed by atoms with Crippen molar-refractivity contribution in [1.82, 2.24) is 5.32 Å². The minimum Gasteiger partial charge on any atom is -0.359 e. The Hall–Kier alpha value is -1.98. The van der Waals surface area contributed by atoms with Gasteiger partial charge in [0.15, 0.2) is 5.11 Å². The summed E-state index contributed by atoms with van der Waals surface area (Å²) in [7, 11) is 0. The molecule has 132 valence electrons. The van der Waals surface area contributed by atoms with Crippen LogP contribution >= 0.6 is 12.2 Å². The molecule has 0 amide bonds. The zero-order valence-corrected chi connectivity index (χ0v) is 15.3. The molecule has 0 radical (unpaired) electrons. The van der Waals surface area contributed by atoms with Gasteiger partial charge in [0.2, 0.25) is 0 Å². The number of benzene rings is 2. The van der Waals surface area contributed by atoms with Gasteiger partial charge in [-0.05, 0) is 36.8 Å². The molecule has 1 fully saturated rings. The quantitative estimate of drug-likeness (QED) is 0.734. The number of thiocarbonyl (C=S) groups is 1. The molecule has 0 unspecified atom stereocenters. The highest BCUT2D eigenvalue weighted by molar-refractivity contribution is 7.80. The second kappa shape index (κ2) is 8.41. The molecule has 3 rings (SSSR count). The Kier molecular flexibility index (Phi) is 6.00. The molecule has 1 aliphatic rings. The number of hydrogen-bond donors (Lipinski definition) is 3. The van der Waals surface area contributed by atoms with Crippen molar-refractivity contribution in [2.45, 2.75) is 32.4 Å². The van der Waals surface area contributed by atoms with Crippen LogP contribution in [0.4, 0.5) is 10.1 Å². The second-order valence-corrected chi connectivity index (χ2v) is 7.16. The van der Waals surface area contributed by atoms with Gasteiger partial charge in [-0.1, -0.05) is 36.4 Å². The maximum absolute atomic E-state index is 13.6. The van der Waals surface area contributed by atoms with Crippen LogP contribution in [0.15, 0.2) is 48.5 Å². The lowest BCUT2D eigenvalue weighted by atomic mass is 10.0. The largest absolute Gasteiger partial charge is 0.359 e. The van der Waals surface area contributed by atoms with E-state index in [-0.39, 0.29) is 5.82 Å². The molecule has 1 heterocycles. The molecule has 25 heavy (non-hydrogen) atoms. The number of quaternary nitrogens is 1. The van der Waals surface area contributed by atoms with Gasteiger partial charge >= 0.3 is 0 Å². The number of nitrogens with one attached hydrogen (secondary N) is 3. The van der Waals surface area contributed by atoms with E-state index < -0.39 is 0 Å². The van der Waals surface area contributed by atoms with E-state index in [1.54, 1.807) is 17.9 Å². The van der Waals surface area contributed by atoms with Gasteiger partial charge in [0.05, 0.1) is 13.1 Å². The molecule has 0 aromatic heterocycles.